The predicted molar refractivity (Wildman–Crippen MR) is 210 cm³/mol. The number of hydrogen-bond donors (Lipinski definition) is 0. The normalized spacial score (nSPS) is 12.4. The average molecular weight is 685 g/mol. The Kier molecular flexibility index (Phi) is 13.8. The van der Waals surface area contributed by atoms with Gasteiger partial charge in [-0.05, 0) is 97.1 Å². The van der Waals surface area contributed by atoms with E-state index in [0.717, 1.165) is 77.9 Å². The van der Waals surface area contributed by atoms with Crippen LogP contribution in [0.2, 0.25) is 0 Å². The number of imidazole rings is 1. The van der Waals surface area contributed by atoms with Gasteiger partial charge in [-0.1, -0.05) is 58.4 Å². The van der Waals surface area contributed by atoms with Gasteiger partial charge in [0.25, 0.3) is 0 Å². The fraction of sp³-hybridized carbons (Fsp3) is 0.558. The second-order valence-electron chi connectivity index (χ2n) is 15.7. The van der Waals surface area contributed by atoms with Crippen LogP contribution in [0.4, 0.5) is 0 Å². The Balaban J connectivity index is 1.72. The molecule has 7 heteroatoms. The van der Waals surface area contributed by atoms with Gasteiger partial charge in [0.2, 0.25) is 0 Å². The molecule has 0 spiro atoms. The smallest absolute Gasteiger partial charge is 0.150 e. The van der Waals surface area contributed by atoms with Crippen LogP contribution in [0.3, 0.4) is 0 Å². The third kappa shape index (κ3) is 10.3. The van der Waals surface area contributed by atoms with Crippen LogP contribution in [-0.4, -0.2) is 69.8 Å². The molecule has 0 fully saturated rings. The number of unbranched alkanes of at least 4 members (excludes halogenated alkanes) is 1. The van der Waals surface area contributed by atoms with Crippen molar-refractivity contribution in [2.24, 2.45) is 0 Å². The Labute approximate surface area is 302 Å². The molecule has 4 aromatic rings. The van der Waals surface area contributed by atoms with Gasteiger partial charge in [-0.25, -0.2) is 4.98 Å². The molecule has 1 aromatic heterocycles. The maximum atomic E-state index is 6.61. The molecule has 0 bridgehead atoms. The van der Waals surface area contributed by atoms with Crippen LogP contribution in [-0.2, 0) is 12.0 Å². The number of fused-ring (bicyclic) bond motifs is 1. The SMILES string of the molecule is CCCCn1c(-c2cccc(Oc3ccc(C(C)(C)C)cc3)c2)nc2c(OCCN(C(C)C)C(C)C)cc(OCCN(C(C)C)C(C)C)cc21. The molecule has 4 rings (SSSR count). The zero-order valence-electron chi connectivity index (χ0n) is 33.0. The minimum Gasteiger partial charge on any atom is -0.492 e. The van der Waals surface area contributed by atoms with Crippen molar-refractivity contribution in [3.05, 3.63) is 66.2 Å². The summed E-state index contributed by atoms with van der Waals surface area (Å²) < 4.78 is 21.8. The summed E-state index contributed by atoms with van der Waals surface area (Å²) in [7, 11) is 0. The molecule has 0 aliphatic rings. The Morgan fingerprint density at radius 2 is 1.30 bits per heavy atom. The topological polar surface area (TPSA) is 52.0 Å². The molecule has 3 aromatic carbocycles. The van der Waals surface area contributed by atoms with Gasteiger partial charge in [-0.15, -0.1) is 0 Å². The molecule has 7 nitrogen and oxygen atoms in total. The third-order valence-electron chi connectivity index (χ3n) is 9.45. The summed E-state index contributed by atoms with van der Waals surface area (Å²) >= 11 is 0. The lowest BCUT2D eigenvalue weighted by atomic mass is 9.87. The highest BCUT2D eigenvalue weighted by Crippen LogP contribution is 2.37. The molecule has 274 valence electrons. The Morgan fingerprint density at radius 3 is 1.86 bits per heavy atom. The molecular weight excluding hydrogens is 620 g/mol. The van der Waals surface area contributed by atoms with Crippen LogP contribution >= 0.6 is 0 Å². The first kappa shape index (κ1) is 39.2. The van der Waals surface area contributed by atoms with Crippen molar-refractivity contribution in [3.63, 3.8) is 0 Å². The minimum absolute atomic E-state index is 0.0915. The van der Waals surface area contributed by atoms with E-state index < -0.39 is 0 Å². The molecular formula is C43H64N4O3. The van der Waals surface area contributed by atoms with E-state index in [1.807, 2.05) is 18.2 Å². The lowest BCUT2D eigenvalue weighted by Crippen LogP contribution is -2.39. The van der Waals surface area contributed by atoms with E-state index in [9.17, 15) is 0 Å². The van der Waals surface area contributed by atoms with Crippen molar-refractivity contribution in [2.45, 2.75) is 132 Å². The number of aryl methyl sites for hydroxylation is 1. The first-order chi connectivity index (χ1) is 23.7. The highest BCUT2D eigenvalue weighted by atomic mass is 16.5. The van der Waals surface area contributed by atoms with E-state index in [1.54, 1.807) is 0 Å². The van der Waals surface area contributed by atoms with Crippen molar-refractivity contribution in [1.29, 1.82) is 0 Å². The molecule has 50 heavy (non-hydrogen) atoms. The summed E-state index contributed by atoms with van der Waals surface area (Å²) in [6.45, 7) is 30.5. The molecule has 0 amide bonds. The molecule has 0 N–H and O–H groups in total. The Hall–Kier alpha value is -3.55. The van der Waals surface area contributed by atoms with Crippen LogP contribution in [0.15, 0.2) is 60.7 Å². The lowest BCUT2D eigenvalue weighted by Gasteiger charge is -2.30. The average Bonchev–Trinajstić information content (AvgIpc) is 3.41. The number of benzene rings is 3. The first-order valence-corrected chi connectivity index (χ1v) is 18.9. The first-order valence-electron chi connectivity index (χ1n) is 18.9. The maximum Gasteiger partial charge on any atom is 0.150 e. The lowest BCUT2D eigenvalue weighted by molar-refractivity contribution is 0.139. The highest BCUT2D eigenvalue weighted by molar-refractivity contribution is 5.87. The van der Waals surface area contributed by atoms with E-state index in [0.29, 0.717) is 37.4 Å². The highest BCUT2D eigenvalue weighted by Gasteiger charge is 2.21. The predicted octanol–water partition coefficient (Wildman–Crippen LogP) is 10.6. The molecule has 0 radical (unpaired) electrons. The number of rotatable bonds is 18. The van der Waals surface area contributed by atoms with Crippen LogP contribution in [0.25, 0.3) is 22.4 Å². The quantitative estimate of drug-likeness (QED) is 0.104. The molecule has 1 heterocycles. The maximum absolute atomic E-state index is 6.61. The summed E-state index contributed by atoms with van der Waals surface area (Å²) in [5, 5.41) is 0. The third-order valence-corrected chi connectivity index (χ3v) is 9.45. The van der Waals surface area contributed by atoms with Gasteiger partial charge in [-0.3, -0.25) is 9.80 Å². The molecule has 0 saturated heterocycles. The fourth-order valence-corrected chi connectivity index (χ4v) is 6.74. The monoisotopic (exact) mass is 684 g/mol. The van der Waals surface area contributed by atoms with E-state index in [4.69, 9.17) is 19.2 Å². The van der Waals surface area contributed by atoms with Crippen molar-refractivity contribution >= 4 is 11.0 Å². The van der Waals surface area contributed by atoms with Gasteiger partial charge >= 0.3 is 0 Å². The number of hydrogen-bond acceptors (Lipinski definition) is 6. The summed E-state index contributed by atoms with van der Waals surface area (Å²) in [5.41, 5.74) is 4.26. The molecule has 0 saturated carbocycles. The van der Waals surface area contributed by atoms with Crippen LogP contribution in [0.1, 0.15) is 101 Å². The second kappa shape index (κ2) is 17.6. The van der Waals surface area contributed by atoms with Gasteiger partial charge in [-0.2, -0.15) is 0 Å². The van der Waals surface area contributed by atoms with Crippen molar-refractivity contribution < 1.29 is 14.2 Å². The van der Waals surface area contributed by atoms with Gasteiger partial charge in [0.05, 0.1) is 5.52 Å². The van der Waals surface area contributed by atoms with Gasteiger partial charge in [0, 0.05) is 61.5 Å². The zero-order valence-corrected chi connectivity index (χ0v) is 33.0. The van der Waals surface area contributed by atoms with Gasteiger partial charge in [0.1, 0.15) is 41.8 Å². The largest absolute Gasteiger partial charge is 0.492 e. The fourth-order valence-electron chi connectivity index (χ4n) is 6.74. The van der Waals surface area contributed by atoms with E-state index >= 15 is 0 Å². The van der Waals surface area contributed by atoms with Gasteiger partial charge < -0.3 is 18.8 Å². The van der Waals surface area contributed by atoms with Crippen LogP contribution < -0.4 is 14.2 Å². The molecule has 0 atom stereocenters. The summed E-state index contributed by atoms with van der Waals surface area (Å²) in [5.74, 6) is 4.07. The molecule has 0 unspecified atom stereocenters. The number of ether oxygens (including phenoxy) is 3. The molecule has 0 aliphatic carbocycles. The van der Waals surface area contributed by atoms with Crippen molar-refractivity contribution in [2.75, 3.05) is 26.3 Å². The van der Waals surface area contributed by atoms with Crippen LogP contribution in [0.5, 0.6) is 23.0 Å². The van der Waals surface area contributed by atoms with E-state index in [-0.39, 0.29) is 5.41 Å². The number of nitrogens with zero attached hydrogens (tertiary/aromatic N) is 4. The summed E-state index contributed by atoms with van der Waals surface area (Å²) in [4.78, 5) is 10.2. The van der Waals surface area contributed by atoms with Crippen LogP contribution in [0, 0.1) is 0 Å². The van der Waals surface area contributed by atoms with E-state index in [2.05, 4.69) is 140 Å². The van der Waals surface area contributed by atoms with Gasteiger partial charge in [0.15, 0.2) is 5.75 Å². The second-order valence-corrected chi connectivity index (χ2v) is 15.7. The van der Waals surface area contributed by atoms with Crippen molar-refractivity contribution in [3.8, 4) is 34.4 Å². The Morgan fingerprint density at radius 1 is 0.700 bits per heavy atom. The van der Waals surface area contributed by atoms with Crippen molar-refractivity contribution in [1.82, 2.24) is 19.4 Å². The Bertz CT molecular complexity index is 1620. The number of aromatic nitrogens is 2. The summed E-state index contributed by atoms with van der Waals surface area (Å²) in [6.07, 6.45) is 2.11. The molecule has 0 aliphatic heterocycles. The zero-order chi connectivity index (χ0) is 36.6. The summed E-state index contributed by atoms with van der Waals surface area (Å²) in [6, 6.07) is 22.6. The standard InChI is InChI=1S/C43H64N4O3/c1-13-14-22-47-39-28-38(48-25-23-45(30(2)3)31(4)5)29-40(49-26-24-46(32(6)7)33(8)9)41(39)44-42(47)34-16-15-17-37(27-34)50-36-20-18-35(19-21-36)43(10,11)12/h15-21,27-33H,13-14,22-26H2,1-12H3. The minimum atomic E-state index is 0.0915. The van der Waals surface area contributed by atoms with E-state index in [1.165, 1.54) is 5.56 Å².